The van der Waals surface area contributed by atoms with Gasteiger partial charge in [0.2, 0.25) is 5.91 Å². The Kier molecular flexibility index (Phi) is 5.82. The molecular weight excluding hydrogens is 258 g/mol. The first-order valence-corrected chi connectivity index (χ1v) is 6.70. The smallest absolute Gasteiger partial charge is 0.230 e. The first kappa shape index (κ1) is 14.4. The minimum Gasteiger partial charge on any atom is -0.392 e. The van der Waals surface area contributed by atoms with Crippen LogP contribution in [0.3, 0.4) is 0 Å². The summed E-state index contributed by atoms with van der Waals surface area (Å²) in [4.78, 5) is 12.3. The summed E-state index contributed by atoms with van der Waals surface area (Å²) in [5.74, 6) is 0.305. The van der Waals surface area contributed by atoms with Crippen LogP contribution in [0.2, 0.25) is 5.02 Å². The lowest BCUT2D eigenvalue weighted by Gasteiger charge is -2.10. The molecule has 0 spiro atoms. The summed E-state index contributed by atoms with van der Waals surface area (Å²) < 4.78 is 0. The molecule has 0 saturated carbocycles. The van der Waals surface area contributed by atoms with E-state index in [1.807, 2.05) is 13.8 Å². The Morgan fingerprint density at radius 2 is 2.24 bits per heavy atom. The highest BCUT2D eigenvalue weighted by atomic mass is 35.5. The van der Waals surface area contributed by atoms with Gasteiger partial charge in [-0.3, -0.25) is 4.79 Å². The Bertz CT molecular complexity index is 396. The summed E-state index contributed by atoms with van der Waals surface area (Å²) in [7, 11) is 0. The van der Waals surface area contributed by atoms with Gasteiger partial charge < -0.3 is 10.4 Å². The molecule has 1 rings (SSSR count). The number of hydrogen-bond acceptors (Lipinski definition) is 3. The van der Waals surface area contributed by atoms with Crippen LogP contribution in [0.4, 0.5) is 0 Å². The lowest BCUT2D eigenvalue weighted by Crippen LogP contribution is -2.31. The van der Waals surface area contributed by atoms with E-state index >= 15 is 0 Å². The van der Waals surface area contributed by atoms with Gasteiger partial charge in [-0.05, 0) is 31.5 Å². The molecule has 0 aliphatic rings. The molecule has 0 unspecified atom stereocenters. The van der Waals surface area contributed by atoms with Crippen molar-refractivity contribution in [3.05, 3.63) is 28.8 Å². The molecule has 1 amide bonds. The van der Waals surface area contributed by atoms with Crippen LogP contribution >= 0.6 is 23.4 Å². The molecule has 0 bridgehead atoms. The maximum absolute atomic E-state index is 11.5. The lowest BCUT2D eigenvalue weighted by atomic mass is 10.2. The maximum atomic E-state index is 11.5. The summed E-state index contributed by atoms with van der Waals surface area (Å²) in [6.45, 7) is 3.79. The second-order valence-electron chi connectivity index (χ2n) is 3.92. The molecule has 0 aromatic heterocycles. The van der Waals surface area contributed by atoms with Gasteiger partial charge in [0, 0.05) is 16.0 Å². The summed E-state index contributed by atoms with van der Waals surface area (Å²) in [6, 6.07) is 5.40. The first-order valence-electron chi connectivity index (χ1n) is 5.34. The molecule has 1 aromatic carbocycles. The third kappa shape index (κ3) is 4.98. The Morgan fingerprint density at radius 3 is 2.82 bits per heavy atom. The van der Waals surface area contributed by atoms with E-state index in [2.05, 4.69) is 5.32 Å². The number of carbonyl (C=O) groups is 1. The minimum absolute atomic E-state index is 0.0196. The molecular formula is C12H16ClNO2S. The van der Waals surface area contributed by atoms with Gasteiger partial charge in [-0.1, -0.05) is 17.7 Å². The quantitative estimate of drug-likeness (QED) is 0.810. The molecule has 0 saturated heterocycles. The van der Waals surface area contributed by atoms with E-state index in [4.69, 9.17) is 16.7 Å². The zero-order chi connectivity index (χ0) is 12.8. The number of carbonyl (C=O) groups excluding carboxylic acids is 1. The van der Waals surface area contributed by atoms with Crippen LogP contribution in [0, 0.1) is 0 Å². The molecule has 0 radical (unpaired) electrons. The first-order chi connectivity index (χ1) is 8.02. The third-order valence-electron chi connectivity index (χ3n) is 2.01. The molecule has 5 heteroatoms. The van der Waals surface area contributed by atoms with Crippen molar-refractivity contribution in [3.8, 4) is 0 Å². The molecule has 0 aliphatic heterocycles. The number of amides is 1. The fourth-order valence-electron chi connectivity index (χ4n) is 1.30. The zero-order valence-electron chi connectivity index (χ0n) is 9.87. The molecule has 0 aliphatic carbocycles. The SMILES string of the molecule is CC(C)NC(=O)CSc1cc(Cl)ccc1CO. The van der Waals surface area contributed by atoms with Crippen molar-refractivity contribution < 1.29 is 9.90 Å². The van der Waals surface area contributed by atoms with Crippen molar-refractivity contribution in [1.82, 2.24) is 5.32 Å². The predicted octanol–water partition coefficient (Wildman–Crippen LogP) is 2.45. The largest absolute Gasteiger partial charge is 0.392 e. The van der Waals surface area contributed by atoms with Crippen LogP contribution in [0.1, 0.15) is 19.4 Å². The average molecular weight is 274 g/mol. The van der Waals surface area contributed by atoms with Crippen LogP contribution in [-0.2, 0) is 11.4 Å². The van der Waals surface area contributed by atoms with Gasteiger partial charge in [0.25, 0.3) is 0 Å². The van der Waals surface area contributed by atoms with E-state index < -0.39 is 0 Å². The van der Waals surface area contributed by atoms with Crippen molar-refractivity contribution in [2.75, 3.05) is 5.75 Å². The van der Waals surface area contributed by atoms with Gasteiger partial charge in [0.05, 0.1) is 12.4 Å². The van der Waals surface area contributed by atoms with Crippen LogP contribution in [0.15, 0.2) is 23.1 Å². The van der Waals surface area contributed by atoms with Gasteiger partial charge in [0.15, 0.2) is 0 Å². The second-order valence-corrected chi connectivity index (χ2v) is 5.37. The van der Waals surface area contributed by atoms with Gasteiger partial charge in [-0.15, -0.1) is 11.8 Å². The maximum Gasteiger partial charge on any atom is 0.230 e. The number of rotatable bonds is 5. The summed E-state index contributed by atoms with van der Waals surface area (Å²) in [5, 5.41) is 12.6. The Labute approximate surface area is 111 Å². The highest BCUT2D eigenvalue weighted by Gasteiger charge is 2.08. The van der Waals surface area contributed by atoms with Gasteiger partial charge in [-0.2, -0.15) is 0 Å². The highest BCUT2D eigenvalue weighted by Crippen LogP contribution is 2.26. The van der Waals surface area contributed by atoms with E-state index in [9.17, 15) is 4.79 Å². The predicted molar refractivity (Wildman–Crippen MR) is 71.4 cm³/mol. The van der Waals surface area contributed by atoms with E-state index in [0.717, 1.165) is 10.5 Å². The lowest BCUT2D eigenvalue weighted by molar-refractivity contribution is -0.119. The summed E-state index contributed by atoms with van der Waals surface area (Å²) in [6.07, 6.45) is 0. The van der Waals surface area contributed by atoms with Crippen LogP contribution in [0.25, 0.3) is 0 Å². The number of hydrogen-bond donors (Lipinski definition) is 2. The molecule has 3 nitrogen and oxygen atoms in total. The molecule has 2 N–H and O–H groups in total. The molecule has 17 heavy (non-hydrogen) atoms. The number of nitrogens with one attached hydrogen (secondary N) is 1. The molecule has 0 atom stereocenters. The molecule has 0 fully saturated rings. The minimum atomic E-state index is -0.0503. The number of aliphatic hydroxyl groups excluding tert-OH is 1. The highest BCUT2D eigenvalue weighted by molar-refractivity contribution is 8.00. The monoisotopic (exact) mass is 273 g/mol. The number of benzene rings is 1. The molecule has 1 aromatic rings. The second kappa shape index (κ2) is 6.89. The van der Waals surface area contributed by atoms with Crippen LogP contribution in [0.5, 0.6) is 0 Å². The zero-order valence-corrected chi connectivity index (χ0v) is 11.4. The van der Waals surface area contributed by atoms with Crippen molar-refractivity contribution in [1.29, 1.82) is 0 Å². The van der Waals surface area contributed by atoms with Crippen molar-refractivity contribution in [2.45, 2.75) is 31.4 Å². The van der Waals surface area contributed by atoms with Crippen LogP contribution < -0.4 is 5.32 Å². The fraction of sp³-hybridized carbons (Fsp3) is 0.417. The van der Waals surface area contributed by atoms with E-state index in [1.165, 1.54) is 11.8 Å². The van der Waals surface area contributed by atoms with Crippen molar-refractivity contribution >= 4 is 29.3 Å². The normalized spacial score (nSPS) is 10.6. The van der Waals surface area contributed by atoms with Gasteiger partial charge >= 0.3 is 0 Å². The molecule has 94 valence electrons. The van der Waals surface area contributed by atoms with E-state index in [-0.39, 0.29) is 18.6 Å². The standard InChI is InChI=1S/C12H16ClNO2S/c1-8(2)14-12(16)7-17-11-5-10(13)4-3-9(11)6-15/h3-5,8,15H,6-7H2,1-2H3,(H,14,16). The summed E-state index contributed by atoms with van der Waals surface area (Å²) >= 11 is 7.26. The fourth-order valence-corrected chi connectivity index (χ4v) is 2.44. The van der Waals surface area contributed by atoms with Crippen molar-refractivity contribution in [3.63, 3.8) is 0 Å². The third-order valence-corrected chi connectivity index (χ3v) is 3.34. The van der Waals surface area contributed by atoms with Gasteiger partial charge in [0.1, 0.15) is 0 Å². The van der Waals surface area contributed by atoms with Gasteiger partial charge in [-0.25, -0.2) is 0 Å². The average Bonchev–Trinajstić information content (AvgIpc) is 2.25. The number of thioether (sulfide) groups is 1. The van der Waals surface area contributed by atoms with E-state index in [1.54, 1.807) is 18.2 Å². The number of aliphatic hydroxyl groups is 1. The van der Waals surface area contributed by atoms with Crippen LogP contribution in [-0.4, -0.2) is 22.8 Å². The topological polar surface area (TPSA) is 49.3 Å². The Balaban J connectivity index is 2.62. The summed E-state index contributed by atoms with van der Waals surface area (Å²) in [5.41, 5.74) is 0.789. The van der Waals surface area contributed by atoms with Crippen molar-refractivity contribution in [2.24, 2.45) is 0 Å². The Morgan fingerprint density at radius 1 is 1.53 bits per heavy atom. The van der Waals surface area contributed by atoms with E-state index in [0.29, 0.717) is 10.8 Å². The Hall–Kier alpha value is -0.710. The number of halogens is 1. The molecule has 0 heterocycles.